The number of fused-ring (bicyclic) bond motifs is 1. The maximum atomic E-state index is 13.5. The first-order valence-corrected chi connectivity index (χ1v) is 10.9. The minimum Gasteiger partial charge on any atom is -0.367 e. The van der Waals surface area contributed by atoms with Crippen LogP contribution in [-0.2, 0) is 9.84 Å². The number of aromatic nitrogens is 1. The average molecular weight is 381 g/mol. The van der Waals surface area contributed by atoms with E-state index in [1.807, 2.05) is 25.1 Å². The Bertz CT molecular complexity index is 1080. The third-order valence-corrected chi connectivity index (χ3v) is 7.17. The van der Waals surface area contributed by atoms with Gasteiger partial charge in [-0.25, -0.2) is 8.42 Å². The topological polar surface area (TPSA) is 50.3 Å². The second kappa shape index (κ2) is 6.97. The van der Waals surface area contributed by atoms with Gasteiger partial charge < -0.3 is 4.90 Å². The van der Waals surface area contributed by atoms with Crippen molar-refractivity contribution in [2.75, 3.05) is 11.4 Å². The minimum atomic E-state index is -3.65. The molecule has 0 aliphatic carbocycles. The summed E-state index contributed by atoms with van der Waals surface area (Å²) in [7, 11) is -3.65. The molecule has 5 heteroatoms. The van der Waals surface area contributed by atoms with Crippen molar-refractivity contribution in [2.24, 2.45) is 0 Å². The van der Waals surface area contributed by atoms with Crippen LogP contribution in [-0.4, -0.2) is 26.0 Å². The molecule has 0 unspecified atom stereocenters. The minimum absolute atomic E-state index is 0.301. The van der Waals surface area contributed by atoms with Crippen LogP contribution in [0.1, 0.15) is 31.7 Å². The summed E-state index contributed by atoms with van der Waals surface area (Å²) in [4.78, 5) is 7.37. The Morgan fingerprint density at radius 1 is 1.07 bits per heavy atom. The van der Waals surface area contributed by atoms with E-state index in [2.05, 4.69) is 22.9 Å². The summed E-state index contributed by atoms with van der Waals surface area (Å²) in [6, 6.07) is 15.0. The van der Waals surface area contributed by atoms with Crippen LogP contribution in [0.5, 0.6) is 0 Å². The second-order valence-corrected chi connectivity index (χ2v) is 9.26. The molecule has 1 saturated heterocycles. The molecule has 2 heterocycles. The number of piperidine rings is 1. The molecule has 0 N–H and O–H groups in total. The van der Waals surface area contributed by atoms with E-state index >= 15 is 0 Å². The van der Waals surface area contributed by atoms with Gasteiger partial charge >= 0.3 is 0 Å². The van der Waals surface area contributed by atoms with E-state index < -0.39 is 9.84 Å². The third kappa shape index (κ3) is 3.21. The van der Waals surface area contributed by atoms with Gasteiger partial charge in [0.2, 0.25) is 9.84 Å². The van der Waals surface area contributed by atoms with Crippen LogP contribution < -0.4 is 4.90 Å². The van der Waals surface area contributed by atoms with Crippen molar-refractivity contribution in [3.8, 4) is 0 Å². The fourth-order valence-electron chi connectivity index (χ4n) is 3.92. The van der Waals surface area contributed by atoms with Crippen LogP contribution in [0.4, 0.5) is 5.69 Å². The molecule has 1 atom stereocenters. The zero-order valence-corrected chi connectivity index (χ0v) is 16.5. The van der Waals surface area contributed by atoms with E-state index in [9.17, 15) is 8.42 Å². The summed E-state index contributed by atoms with van der Waals surface area (Å²) in [6.07, 6.45) is 4.86. The number of sulfone groups is 1. The fourth-order valence-corrected chi connectivity index (χ4v) is 5.37. The lowest BCUT2D eigenvalue weighted by Gasteiger charge is -2.37. The normalized spacial score (nSPS) is 18.0. The second-order valence-electron chi connectivity index (χ2n) is 7.35. The van der Waals surface area contributed by atoms with Crippen molar-refractivity contribution in [1.29, 1.82) is 0 Å². The third-order valence-electron chi connectivity index (χ3n) is 5.39. The molecule has 0 spiro atoms. The van der Waals surface area contributed by atoms with Gasteiger partial charge in [0.05, 0.1) is 16.1 Å². The van der Waals surface area contributed by atoms with Crippen molar-refractivity contribution < 1.29 is 8.42 Å². The van der Waals surface area contributed by atoms with Crippen molar-refractivity contribution in [1.82, 2.24) is 4.98 Å². The Kier molecular flexibility index (Phi) is 4.64. The zero-order chi connectivity index (χ0) is 19.0. The number of rotatable bonds is 3. The highest BCUT2D eigenvalue weighted by Gasteiger charge is 2.29. The highest BCUT2D eigenvalue weighted by atomic mass is 32.2. The van der Waals surface area contributed by atoms with Gasteiger partial charge in [0.15, 0.2) is 0 Å². The lowest BCUT2D eigenvalue weighted by atomic mass is 10.0. The molecule has 1 fully saturated rings. The Hall–Kier alpha value is -2.40. The van der Waals surface area contributed by atoms with Crippen LogP contribution in [0.15, 0.2) is 64.5 Å². The van der Waals surface area contributed by atoms with Gasteiger partial charge in [-0.15, -0.1) is 0 Å². The number of pyridine rings is 1. The molecule has 1 aliphatic heterocycles. The SMILES string of the molecule is Cc1ccc2ncc(S(=O)(=O)c3ccccc3)c(N3CCCC[C@@H]3C)c2c1. The Balaban J connectivity index is 2.02. The maximum absolute atomic E-state index is 13.5. The molecular formula is C22H24N2O2S. The summed E-state index contributed by atoms with van der Waals surface area (Å²) in [6.45, 7) is 5.08. The highest BCUT2D eigenvalue weighted by Crippen LogP contribution is 2.38. The first-order valence-electron chi connectivity index (χ1n) is 9.44. The molecule has 0 amide bonds. The quantitative estimate of drug-likeness (QED) is 0.658. The molecule has 1 aliphatic rings. The van der Waals surface area contributed by atoms with Crippen molar-refractivity contribution in [3.05, 3.63) is 60.3 Å². The number of benzene rings is 2. The van der Waals surface area contributed by atoms with Crippen molar-refractivity contribution in [3.63, 3.8) is 0 Å². The van der Waals surface area contributed by atoms with Crippen LogP contribution in [0.25, 0.3) is 10.9 Å². The van der Waals surface area contributed by atoms with Gasteiger partial charge in [0.1, 0.15) is 4.90 Å². The number of hydrogen-bond donors (Lipinski definition) is 0. The van der Waals surface area contributed by atoms with E-state index in [0.29, 0.717) is 15.8 Å². The predicted octanol–water partition coefficient (Wildman–Crippen LogP) is 4.75. The maximum Gasteiger partial charge on any atom is 0.210 e. The molecule has 27 heavy (non-hydrogen) atoms. The van der Waals surface area contributed by atoms with E-state index in [0.717, 1.165) is 41.5 Å². The first kappa shape index (κ1) is 18.0. The summed E-state index contributed by atoms with van der Waals surface area (Å²) in [5.74, 6) is 0. The number of aryl methyl sites for hydroxylation is 1. The molecule has 3 aromatic rings. The van der Waals surface area contributed by atoms with Crippen LogP contribution in [0.3, 0.4) is 0 Å². The molecule has 0 radical (unpaired) electrons. The van der Waals surface area contributed by atoms with E-state index in [4.69, 9.17) is 0 Å². The van der Waals surface area contributed by atoms with E-state index in [1.54, 1.807) is 24.3 Å². The van der Waals surface area contributed by atoms with Gasteiger partial charge in [0.25, 0.3) is 0 Å². The average Bonchev–Trinajstić information content (AvgIpc) is 2.68. The number of nitrogens with zero attached hydrogens (tertiary/aromatic N) is 2. The fraction of sp³-hybridized carbons (Fsp3) is 0.318. The highest BCUT2D eigenvalue weighted by molar-refractivity contribution is 7.91. The predicted molar refractivity (Wildman–Crippen MR) is 109 cm³/mol. The number of hydrogen-bond acceptors (Lipinski definition) is 4. The zero-order valence-electron chi connectivity index (χ0n) is 15.7. The Labute approximate surface area is 160 Å². The lowest BCUT2D eigenvalue weighted by Crippen LogP contribution is -2.38. The standard InChI is InChI=1S/C22H24N2O2S/c1-16-11-12-20-19(14-16)22(24-13-7-6-8-17(24)2)21(15-23-20)27(25,26)18-9-4-3-5-10-18/h3-5,9-12,14-15,17H,6-8,13H2,1-2H3/t17-/m0/s1. The molecule has 2 aromatic carbocycles. The Morgan fingerprint density at radius 2 is 1.85 bits per heavy atom. The lowest BCUT2D eigenvalue weighted by molar-refractivity contribution is 0.483. The molecule has 1 aromatic heterocycles. The smallest absolute Gasteiger partial charge is 0.210 e. The summed E-state index contributed by atoms with van der Waals surface area (Å²) >= 11 is 0. The Morgan fingerprint density at radius 3 is 2.59 bits per heavy atom. The van der Waals surface area contributed by atoms with Crippen molar-refractivity contribution in [2.45, 2.75) is 48.9 Å². The summed E-state index contributed by atoms with van der Waals surface area (Å²) in [5.41, 5.74) is 2.74. The van der Waals surface area contributed by atoms with Crippen LogP contribution in [0, 0.1) is 6.92 Å². The van der Waals surface area contributed by atoms with E-state index in [-0.39, 0.29) is 0 Å². The van der Waals surface area contributed by atoms with Gasteiger partial charge in [-0.1, -0.05) is 29.8 Å². The first-order chi connectivity index (χ1) is 13.0. The van der Waals surface area contributed by atoms with Gasteiger partial charge in [-0.2, -0.15) is 0 Å². The molecular weight excluding hydrogens is 356 g/mol. The summed E-state index contributed by atoms with van der Waals surface area (Å²) in [5, 5.41) is 0.917. The monoisotopic (exact) mass is 380 g/mol. The van der Waals surface area contributed by atoms with Crippen LogP contribution >= 0.6 is 0 Å². The van der Waals surface area contributed by atoms with Crippen LogP contribution in [0.2, 0.25) is 0 Å². The van der Waals surface area contributed by atoms with Gasteiger partial charge in [-0.05, 0) is 57.4 Å². The molecule has 4 nitrogen and oxygen atoms in total. The number of anilines is 1. The summed E-state index contributed by atoms with van der Waals surface area (Å²) < 4.78 is 26.9. The van der Waals surface area contributed by atoms with E-state index in [1.165, 1.54) is 12.6 Å². The largest absolute Gasteiger partial charge is 0.367 e. The van der Waals surface area contributed by atoms with Gasteiger partial charge in [-0.3, -0.25) is 4.98 Å². The van der Waals surface area contributed by atoms with Gasteiger partial charge in [0, 0.05) is 24.2 Å². The molecule has 4 rings (SSSR count). The molecule has 0 bridgehead atoms. The molecule has 0 saturated carbocycles. The molecule has 140 valence electrons. The van der Waals surface area contributed by atoms with Crippen molar-refractivity contribution >= 4 is 26.4 Å².